The number of aromatic carboxylic acids is 1. The molecule has 0 spiro atoms. The van der Waals surface area contributed by atoms with Crippen molar-refractivity contribution in [3.63, 3.8) is 0 Å². The van der Waals surface area contributed by atoms with Gasteiger partial charge < -0.3 is 20.3 Å². The van der Waals surface area contributed by atoms with Crippen molar-refractivity contribution in [2.24, 2.45) is 5.73 Å². The van der Waals surface area contributed by atoms with Gasteiger partial charge in [0.2, 0.25) is 5.43 Å². The van der Waals surface area contributed by atoms with Crippen molar-refractivity contribution in [2.45, 2.75) is 32.1 Å². The van der Waals surface area contributed by atoms with Crippen LogP contribution < -0.4 is 16.1 Å². The zero-order valence-corrected chi connectivity index (χ0v) is 14.3. The number of pyridine rings is 1. The predicted octanol–water partition coefficient (Wildman–Crippen LogP) is 2.41. The molecule has 1 atom stereocenters. The molecule has 10 heteroatoms. The number of aryl methyl sites for hydroxylation is 1. The normalized spacial score (nSPS) is 17.7. The van der Waals surface area contributed by atoms with Crippen LogP contribution >= 0.6 is 0 Å². The molecule has 1 saturated heterocycles. The number of aromatic nitrogens is 1. The maximum Gasteiger partial charge on any atom is 0.420 e. The van der Waals surface area contributed by atoms with Crippen LogP contribution in [-0.4, -0.2) is 34.8 Å². The van der Waals surface area contributed by atoms with Crippen molar-refractivity contribution in [2.75, 3.05) is 18.0 Å². The van der Waals surface area contributed by atoms with Gasteiger partial charge in [-0.25, -0.2) is 9.18 Å². The second kappa shape index (κ2) is 6.52. The van der Waals surface area contributed by atoms with Gasteiger partial charge in [-0.2, -0.15) is 13.2 Å². The van der Waals surface area contributed by atoms with E-state index < -0.39 is 51.1 Å². The highest BCUT2D eigenvalue weighted by Crippen LogP contribution is 2.43. The van der Waals surface area contributed by atoms with Crippen LogP contribution in [0.5, 0.6) is 0 Å². The van der Waals surface area contributed by atoms with Crippen molar-refractivity contribution in [3.8, 4) is 0 Å². The van der Waals surface area contributed by atoms with E-state index in [1.165, 1.54) is 11.8 Å². The minimum atomic E-state index is -4.96. The fraction of sp³-hybridized carbons (Fsp3) is 0.412. The number of hydrogen-bond acceptors (Lipinski definition) is 4. The van der Waals surface area contributed by atoms with Crippen LogP contribution in [-0.2, 0) is 12.7 Å². The average Bonchev–Trinajstić information content (AvgIpc) is 2.99. The minimum absolute atomic E-state index is 0.0370. The molecule has 2 aromatic rings. The fourth-order valence-electron chi connectivity index (χ4n) is 3.49. The van der Waals surface area contributed by atoms with Crippen LogP contribution in [0.15, 0.2) is 17.1 Å². The van der Waals surface area contributed by atoms with Crippen molar-refractivity contribution < 1.29 is 27.5 Å². The lowest BCUT2D eigenvalue weighted by atomic mass is 10.0. The molecular weight excluding hydrogens is 370 g/mol. The summed E-state index contributed by atoms with van der Waals surface area (Å²) in [4.78, 5) is 24.9. The summed E-state index contributed by atoms with van der Waals surface area (Å²) in [5, 5.41) is 8.53. The number of benzene rings is 1. The summed E-state index contributed by atoms with van der Waals surface area (Å²) in [7, 11) is 0. The van der Waals surface area contributed by atoms with E-state index in [9.17, 15) is 27.2 Å². The Morgan fingerprint density at radius 1 is 1.41 bits per heavy atom. The van der Waals surface area contributed by atoms with Crippen LogP contribution in [0.3, 0.4) is 0 Å². The number of carbonyl (C=O) groups is 1. The number of fused-ring (bicyclic) bond motifs is 1. The van der Waals surface area contributed by atoms with Crippen LogP contribution in [0, 0.1) is 5.82 Å². The van der Waals surface area contributed by atoms with Gasteiger partial charge in [-0.3, -0.25) is 4.79 Å². The molecule has 3 rings (SSSR count). The third-order valence-electron chi connectivity index (χ3n) is 4.68. The van der Waals surface area contributed by atoms with Gasteiger partial charge in [-0.1, -0.05) is 0 Å². The van der Waals surface area contributed by atoms with Crippen molar-refractivity contribution in [1.29, 1.82) is 0 Å². The topological polar surface area (TPSA) is 88.6 Å². The number of carboxylic acids is 1. The third kappa shape index (κ3) is 3.14. The molecule has 0 bridgehead atoms. The molecule has 1 aromatic heterocycles. The first-order chi connectivity index (χ1) is 12.6. The Morgan fingerprint density at radius 3 is 2.56 bits per heavy atom. The highest BCUT2D eigenvalue weighted by molar-refractivity contribution is 5.95. The highest BCUT2D eigenvalue weighted by atomic mass is 19.4. The molecule has 27 heavy (non-hydrogen) atoms. The summed E-state index contributed by atoms with van der Waals surface area (Å²) < 4.78 is 57.7. The Morgan fingerprint density at radius 2 is 2.07 bits per heavy atom. The van der Waals surface area contributed by atoms with Gasteiger partial charge in [-0.05, 0) is 19.4 Å². The Balaban J connectivity index is 2.49. The number of nitrogens with zero attached hydrogens (tertiary/aromatic N) is 2. The Kier molecular flexibility index (Phi) is 4.62. The predicted molar refractivity (Wildman–Crippen MR) is 90.6 cm³/mol. The number of alkyl halides is 3. The van der Waals surface area contributed by atoms with E-state index in [0.29, 0.717) is 12.5 Å². The average molecular weight is 387 g/mol. The van der Waals surface area contributed by atoms with Gasteiger partial charge in [-0.15, -0.1) is 0 Å². The lowest BCUT2D eigenvalue weighted by Crippen LogP contribution is -2.30. The van der Waals surface area contributed by atoms with Crippen LogP contribution in [0.1, 0.15) is 29.3 Å². The molecule has 0 saturated carbocycles. The monoisotopic (exact) mass is 387 g/mol. The summed E-state index contributed by atoms with van der Waals surface area (Å²) in [5.74, 6) is -2.82. The maximum absolute atomic E-state index is 14.8. The van der Waals surface area contributed by atoms with Crippen LogP contribution in [0.2, 0.25) is 0 Å². The molecular formula is C17H17F4N3O3. The molecule has 1 aliphatic rings. The molecule has 6 nitrogen and oxygen atoms in total. The van der Waals surface area contributed by atoms with Gasteiger partial charge in [0.15, 0.2) is 0 Å². The molecule has 3 N–H and O–H groups in total. The van der Waals surface area contributed by atoms with E-state index in [4.69, 9.17) is 10.8 Å². The van der Waals surface area contributed by atoms with Crippen LogP contribution in [0.25, 0.3) is 10.9 Å². The highest BCUT2D eigenvalue weighted by Gasteiger charge is 2.41. The van der Waals surface area contributed by atoms with Crippen LogP contribution in [0.4, 0.5) is 23.2 Å². The molecule has 0 radical (unpaired) electrons. The first-order valence-electron chi connectivity index (χ1n) is 8.26. The van der Waals surface area contributed by atoms with E-state index in [2.05, 4.69) is 0 Å². The van der Waals surface area contributed by atoms with E-state index in [0.717, 1.165) is 10.8 Å². The standard InChI is InChI=1S/C17H17F4N3O3/c1-2-23-7-10(16(26)27)15(25)9-5-11(18)14(24-4-3-8(22)6-24)12(13(9)23)17(19,20)21/h5,7-8H,2-4,6,22H2,1H3,(H,26,27). The number of rotatable bonds is 3. The third-order valence-corrected chi connectivity index (χ3v) is 4.68. The van der Waals surface area contributed by atoms with Gasteiger partial charge in [0, 0.05) is 31.9 Å². The smallest absolute Gasteiger partial charge is 0.420 e. The van der Waals surface area contributed by atoms with Gasteiger partial charge in [0.1, 0.15) is 16.9 Å². The molecule has 146 valence electrons. The number of hydrogen-bond donors (Lipinski definition) is 2. The van der Waals surface area contributed by atoms with Crippen molar-refractivity contribution in [3.05, 3.63) is 39.4 Å². The first-order valence-corrected chi connectivity index (χ1v) is 8.26. The largest absolute Gasteiger partial charge is 0.477 e. The quantitative estimate of drug-likeness (QED) is 0.790. The van der Waals surface area contributed by atoms with Gasteiger partial charge in [0.05, 0.1) is 16.6 Å². The van der Waals surface area contributed by atoms with E-state index in [-0.39, 0.29) is 25.7 Å². The Bertz CT molecular complexity index is 984. The Hall–Kier alpha value is -2.62. The Labute approximate surface area is 150 Å². The molecule has 1 fully saturated rings. The van der Waals surface area contributed by atoms with Gasteiger partial charge >= 0.3 is 12.1 Å². The van der Waals surface area contributed by atoms with E-state index >= 15 is 0 Å². The summed E-state index contributed by atoms with van der Waals surface area (Å²) in [5.41, 5.74) is 1.40. The minimum Gasteiger partial charge on any atom is -0.477 e. The molecule has 2 heterocycles. The second-order valence-corrected chi connectivity index (χ2v) is 6.43. The summed E-state index contributed by atoms with van der Waals surface area (Å²) in [6, 6.07) is 0.300. The van der Waals surface area contributed by atoms with E-state index in [1.807, 2.05) is 0 Å². The molecule has 1 aliphatic heterocycles. The van der Waals surface area contributed by atoms with E-state index in [1.54, 1.807) is 0 Å². The van der Waals surface area contributed by atoms with Crippen molar-refractivity contribution >= 4 is 22.6 Å². The number of carboxylic acid groups (broad SMARTS) is 1. The summed E-state index contributed by atoms with van der Waals surface area (Å²) in [6.45, 7) is 1.67. The lowest BCUT2D eigenvalue weighted by molar-refractivity contribution is -0.136. The molecule has 1 unspecified atom stereocenters. The molecule has 1 aromatic carbocycles. The number of nitrogens with two attached hydrogens (primary N) is 1. The first kappa shape index (κ1) is 19.2. The maximum atomic E-state index is 14.8. The number of anilines is 1. The van der Waals surface area contributed by atoms with Crippen molar-refractivity contribution in [1.82, 2.24) is 4.57 Å². The second-order valence-electron chi connectivity index (χ2n) is 6.43. The lowest BCUT2D eigenvalue weighted by Gasteiger charge is -2.26. The summed E-state index contributed by atoms with van der Waals surface area (Å²) in [6.07, 6.45) is -3.69. The molecule has 0 amide bonds. The number of halogens is 4. The zero-order valence-electron chi connectivity index (χ0n) is 14.3. The van der Waals surface area contributed by atoms with Gasteiger partial charge in [0.25, 0.3) is 0 Å². The zero-order chi connectivity index (χ0) is 20.1. The SMILES string of the molecule is CCn1cc(C(=O)O)c(=O)c2cc(F)c(N3CCC(N)C3)c(C(F)(F)F)c21. The summed E-state index contributed by atoms with van der Waals surface area (Å²) >= 11 is 0. The fourth-order valence-corrected chi connectivity index (χ4v) is 3.49. The molecule has 0 aliphatic carbocycles.